The minimum absolute atomic E-state index is 0.246. The van der Waals surface area contributed by atoms with Gasteiger partial charge in [0, 0.05) is 4.88 Å². The number of rotatable bonds is 3. The molecule has 106 valence electrons. The molecule has 1 heterocycles. The third-order valence-electron chi connectivity index (χ3n) is 3.19. The number of carbonyl (C=O) groups excluding carboxylic acids is 1. The number of hydrogen-bond donors (Lipinski definition) is 1. The zero-order valence-electron chi connectivity index (χ0n) is 11.6. The molecule has 3 nitrogen and oxygen atoms in total. The number of benzene rings is 1. The molecule has 0 spiro atoms. The maximum absolute atomic E-state index is 13.4. The van der Waals surface area contributed by atoms with E-state index in [1.165, 1.54) is 24.5 Å². The normalized spacial score (nSPS) is 10.6. The fourth-order valence-corrected chi connectivity index (χ4v) is 3.32. The molecule has 2 rings (SSSR count). The second kappa shape index (κ2) is 5.63. The largest absolute Gasteiger partial charge is 0.465 e. The molecule has 0 amide bonds. The van der Waals surface area contributed by atoms with E-state index in [2.05, 4.69) is 0 Å². The summed E-state index contributed by atoms with van der Waals surface area (Å²) in [5.74, 6) is -0.684. The first-order chi connectivity index (χ1) is 9.49. The SMILES string of the molecule is CCc1c(-c2ccc(F)c(C)c2)sc(C(=O)OC)c1N. The molecule has 1 aromatic heterocycles. The van der Waals surface area contributed by atoms with Crippen LogP contribution in [0.25, 0.3) is 10.4 Å². The van der Waals surface area contributed by atoms with Gasteiger partial charge in [0.15, 0.2) is 0 Å². The van der Waals surface area contributed by atoms with Crippen molar-refractivity contribution in [2.75, 3.05) is 12.8 Å². The first-order valence-corrected chi connectivity index (χ1v) is 7.07. The summed E-state index contributed by atoms with van der Waals surface area (Å²) in [6, 6.07) is 4.90. The Bertz CT molecular complexity index is 664. The molecule has 0 unspecified atom stereocenters. The Morgan fingerprint density at radius 2 is 2.15 bits per heavy atom. The number of nitrogens with two attached hydrogens (primary N) is 1. The van der Waals surface area contributed by atoms with E-state index in [4.69, 9.17) is 10.5 Å². The molecule has 0 bridgehead atoms. The summed E-state index contributed by atoms with van der Waals surface area (Å²) in [5.41, 5.74) is 8.83. The predicted molar refractivity (Wildman–Crippen MR) is 79.6 cm³/mol. The standard InChI is InChI=1S/C15H16FNO2S/c1-4-10-12(17)14(15(18)19-3)20-13(10)9-5-6-11(16)8(2)7-9/h5-7H,4,17H2,1-3H3. The van der Waals surface area contributed by atoms with Crippen LogP contribution in [0.15, 0.2) is 18.2 Å². The van der Waals surface area contributed by atoms with Crippen molar-refractivity contribution in [2.45, 2.75) is 20.3 Å². The van der Waals surface area contributed by atoms with Gasteiger partial charge in [0.25, 0.3) is 0 Å². The van der Waals surface area contributed by atoms with Crippen molar-refractivity contribution in [2.24, 2.45) is 0 Å². The number of methoxy groups -OCH3 is 1. The van der Waals surface area contributed by atoms with Crippen LogP contribution in [0.1, 0.15) is 27.7 Å². The van der Waals surface area contributed by atoms with E-state index in [1.807, 2.05) is 6.92 Å². The Balaban J connectivity index is 2.61. The Labute approximate surface area is 121 Å². The summed E-state index contributed by atoms with van der Waals surface area (Å²) in [7, 11) is 1.33. The molecule has 2 N–H and O–H groups in total. The van der Waals surface area contributed by atoms with Gasteiger partial charge in [-0.2, -0.15) is 0 Å². The average molecular weight is 293 g/mol. The molecule has 1 aromatic carbocycles. The second-order valence-electron chi connectivity index (χ2n) is 4.46. The number of esters is 1. The predicted octanol–water partition coefficient (Wildman–Crippen LogP) is 3.79. The lowest BCUT2D eigenvalue weighted by Gasteiger charge is -2.04. The smallest absolute Gasteiger partial charge is 0.350 e. The highest BCUT2D eigenvalue weighted by atomic mass is 32.1. The van der Waals surface area contributed by atoms with Crippen molar-refractivity contribution in [3.63, 3.8) is 0 Å². The number of hydrogen-bond acceptors (Lipinski definition) is 4. The summed E-state index contributed by atoms with van der Waals surface area (Å²) in [5, 5.41) is 0. The van der Waals surface area contributed by atoms with E-state index in [0.29, 0.717) is 22.5 Å². The van der Waals surface area contributed by atoms with E-state index >= 15 is 0 Å². The van der Waals surface area contributed by atoms with Crippen LogP contribution in [-0.4, -0.2) is 13.1 Å². The van der Waals surface area contributed by atoms with Gasteiger partial charge in [-0.15, -0.1) is 11.3 Å². The molecule has 0 aliphatic rings. The summed E-state index contributed by atoms with van der Waals surface area (Å²) in [6.45, 7) is 3.68. The molecule has 5 heteroatoms. The molecular weight excluding hydrogens is 277 g/mol. The summed E-state index contributed by atoms with van der Waals surface area (Å²) < 4.78 is 18.1. The molecule has 0 aliphatic heterocycles. The van der Waals surface area contributed by atoms with Crippen LogP contribution in [0, 0.1) is 12.7 Å². The molecule has 0 fully saturated rings. The van der Waals surface area contributed by atoms with Crippen molar-refractivity contribution < 1.29 is 13.9 Å². The summed E-state index contributed by atoms with van der Waals surface area (Å²) in [4.78, 5) is 13.0. The van der Waals surface area contributed by atoms with Crippen LogP contribution >= 0.6 is 11.3 Å². The Morgan fingerprint density at radius 1 is 1.45 bits per heavy atom. The number of aryl methyl sites for hydroxylation is 1. The van der Waals surface area contributed by atoms with Crippen LogP contribution in [0.4, 0.5) is 10.1 Å². The number of halogens is 1. The highest BCUT2D eigenvalue weighted by Crippen LogP contribution is 2.39. The maximum atomic E-state index is 13.4. The van der Waals surface area contributed by atoms with Gasteiger partial charge in [-0.3, -0.25) is 0 Å². The number of anilines is 1. The van der Waals surface area contributed by atoms with Crippen LogP contribution in [0.5, 0.6) is 0 Å². The Morgan fingerprint density at radius 3 is 2.70 bits per heavy atom. The number of thiophene rings is 1. The fraction of sp³-hybridized carbons (Fsp3) is 0.267. The van der Waals surface area contributed by atoms with Crippen LogP contribution < -0.4 is 5.73 Å². The van der Waals surface area contributed by atoms with E-state index in [9.17, 15) is 9.18 Å². The summed E-state index contributed by atoms with van der Waals surface area (Å²) in [6.07, 6.45) is 0.699. The van der Waals surface area contributed by atoms with Gasteiger partial charge < -0.3 is 10.5 Å². The minimum Gasteiger partial charge on any atom is -0.465 e. The highest BCUT2D eigenvalue weighted by molar-refractivity contribution is 7.18. The molecule has 0 aliphatic carbocycles. The van der Waals surface area contributed by atoms with Crippen molar-refractivity contribution in [3.05, 3.63) is 40.0 Å². The van der Waals surface area contributed by atoms with E-state index in [0.717, 1.165) is 16.0 Å². The molecule has 0 saturated carbocycles. The Hall–Kier alpha value is -1.88. The van der Waals surface area contributed by atoms with Crippen LogP contribution in [0.2, 0.25) is 0 Å². The molecule has 2 aromatic rings. The second-order valence-corrected chi connectivity index (χ2v) is 5.48. The van der Waals surface area contributed by atoms with Crippen molar-refractivity contribution in [3.8, 4) is 10.4 Å². The van der Waals surface area contributed by atoms with E-state index in [-0.39, 0.29) is 5.82 Å². The van der Waals surface area contributed by atoms with Gasteiger partial charge in [0.2, 0.25) is 0 Å². The van der Waals surface area contributed by atoms with Gasteiger partial charge in [-0.25, -0.2) is 9.18 Å². The van der Waals surface area contributed by atoms with Gasteiger partial charge in [-0.05, 0) is 42.2 Å². The highest BCUT2D eigenvalue weighted by Gasteiger charge is 2.21. The van der Waals surface area contributed by atoms with Crippen LogP contribution in [0.3, 0.4) is 0 Å². The number of nitrogen functional groups attached to an aromatic ring is 1. The lowest BCUT2D eigenvalue weighted by atomic mass is 10.0. The van der Waals surface area contributed by atoms with Crippen LogP contribution in [-0.2, 0) is 11.2 Å². The third kappa shape index (κ3) is 2.41. The number of carbonyl (C=O) groups is 1. The van der Waals surface area contributed by atoms with Gasteiger partial charge >= 0.3 is 5.97 Å². The average Bonchev–Trinajstić information content (AvgIpc) is 2.78. The zero-order chi connectivity index (χ0) is 14.9. The van der Waals surface area contributed by atoms with Crippen molar-refractivity contribution in [1.82, 2.24) is 0 Å². The third-order valence-corrected chi connectivity index (χ3v) is 4.47. The summed E-state index contributed by atoms with van der Waals surface area (Å²) >= 11 is 1.29. The monoisotopic (exact) mass is 293 g/mol. The molecule has 0 saturated heterocycles. The first kappa shape index (κ1) is 14.5. The lowest BCUT2D eigenvalue weighted by molar-refractivity contribution is 0.0607. The van der Waals surface area contributed by atoms with Gasteiger partial charge in [0.05, 0.1) is 12.8 Å². The molecule has 0 atom stereocenters. The first-order valence-electron chi connectivity index (χ1n) is 6.25. The topological polar surface area (TPSA) is 52.3 Å². The Kier molecular flexibility index (Phi) is 4.09. The maximum Gasteiger partial charge on any atom is 0.350 e. The quantitative estimate of drug-likeness (QED) is 0.876. The molecular formula is C15H16FNO2S. The number of ether oxygens (including phenoxy) is 1. The minimum atomic E-state index is -0.438. The van der Waals surface area contributed by atoms with Gasteiger partial charge in [-0.1, -0.05) is 13.0 Å². The van der Waals surface area contributed by atoms with E-state index in [1.54, 1.807) is 19.1 Å². The van der Waals surface area contributed by atoms with Crippen molar-refractivity contribution in [1.29, 1.82) is 0 Å². The van der Waals surface area contributed by atoms with E-state index < -0.39 is 5.97 Å². The fourth-order valence-electron chi connectivity index (χ4n) is 2.09. The van der Waals surface area contributed by atoms with Gasteiger partial charge in [0.1, 0.15) is 10.7 Å². The molecule has 20 heavy (non-hydrogen) atoms. The molecule has 0 radical (unpaired) electrons. The zero-order valence-corrected chi connectivity index (χ0v) is 12.4. The van der Waals surface area contributed by atoms with Crippen molar-refractivity contribution >= 4 is 23.0 Å². The lowest BCUT2D eigenvalue weighted by Crippen LogP contribution is -2.02.